The van der Waals surface area contributed by atoms with Crippen LogP contribution in [0.25, 0.3) is 5.57 Å². The molecule has 0 fully saturated rings. The van der Waals surface area contributed by atoms with Crippen LogP contribution in [0.15, 0.2) is 22.2 Å². The van der Waals surface area contributed by atoms with Crippen LogP contribution in [0.1, 0.15) is 40.7 Å². The first-order valence-electron chi connectivity index (χ1n) is 7.43. The van der Waals surface area contributed by atoms with Gasteiger partial charge in [0.05, 0.1) is 12.9 Å². The largest absolute Gasteiger partial charge is 0.366 e. The van der Waals surface area contributed by atoms with Gasteiger partial charge in [-0.1, -0.05) is 21.5 Å². The van der Waals surface area contributed by atoms with Crippen LogP contribution in [0.5, 0.6) is 0 Å². The predicted molar refractivity (Wildman–Crippen MR) is 91.4 cm³/mol. The van der Waals surface area contributed by atoms with Crippen molar-refractivity contribution in [1.29, 1.82) is 0 Å². The van der Waals surface area contributed by atoms with Gasteiger partial charge in [-0.25, -0.2) is 0 Å². The highest BCUT2D eigenvalue weighted by Crippen LogP contribution is 2.47. The van der Waals surface area contributed by atoms with Crippen LogP contribution in [0.3, 0.4) is 0 Å². The lowest BCUT2D eigenvalue weighted by molar-refractivity contribution is 0.0999. The molecule has 1 aromatic carbocycles. The Kier molecular flexibility index (Phi) is 4.37. The third kappa shape index (κ3) is 3.36. The lowest BCUT2D eigenvalue weighted by Gasteiger charge is -2.23. The molecule has 1 aromatic rings. The van der Waals surface area contributed by atoms with Crippen molar-refractivity contribution in [2.24, 2.45) is 11.7 Å². The molecule has 2 aliphatic carbocycles. The Labute approximate surface area is 144 Å². The number of nitrogens with two attached hydrogens (primary N) is 1. The van der Waals surface area contributed by atoms with Crippen molar-refractivity contribution >= 4 is 37.5 Å². The van der Waals surface area contributed by atoms with E-state index in [1.807, 2.05) is 6.07 Å². The van der Waals surface area contributed by atoms with E-state index in [0.29, 0.717) is 12.0 Å². The summed E-state index contributed by atoms with van der Waals surface area (Å²) in [6.45, 7) is 0.218. The summed E-state index contributed by atoms with van der Waals surface area (Å²) in [5.41, 5.74) is 10.7. The number of carbonyl (C=O) groups excluding carboxylic acids is 1. The van der Waals surface area contributed by atoms with Crippen LogP contribution >= 0.6 is 15.9 Å². The Morgan fingerprint density at radius 3 is 2.83 bits per heavy atom. The van der Waals surface area contributed by atoms with Gasteiger partial charge in [0.15, 0.2) is 0 Å². The van der Waals surface area contributed by atoms with Gasteiger partial charge in [0.25, 0.3) is 10.1 Å². The van der Waals surface area contributed by atoms with E-state index in [4.69, 9.17) is 9.92 Å². The Hall–Kier alpha value is -1.18. The molecule has 0 radical (unpaired) electrons. The average molecular weight is 400 g/mol. The fraction of sp³-hybridized carbons (Fsp3) is 0.438. The molecule has 124 valence electrons. The Morgan fingerprint density at radius 2 is 2.17 bits per heavy atom. The number of hydrogen-bond donors (Lipinski definition) is 1. The Balaban J connectivity index is 1.85. The number of benzene rings is 1. The highest BCUT2D eigenvalue weighted by molar-refractivity contribution is 9.10. The van der Waals surface area contributed by atoms with E-state index in [1.54, 1.807) is 6.07 Å². The maximum Gasteiger partial charge on any atom is 0.264 e. The molecular weight excluding hydrogens is 382 g/mol. The zero-order valence-electron chi connectivity index (χ0n) is 12.8. The van der Waals surface area contributed by atoms with Crippen molar-refractivity contribution in [3.05, 3.63) is 38.9 Å². The molecule has 1 unspecified atom stereocenters. The van der Waals surface area contributed by atoms with E-state index in [1.165, 1.54) is 11.1 Å². The maximum absolute atomic E-state index is 11.7. The van der Waals surface area contributed by atoms with Crippen molar-refractivity contribution in [2.75, 3.05) is 12.9 Å². The average Bonchev–Trinajstić information content (AvgIpc) is 2.83. The van der Waals surface area contributed by atoms with E-state index in [9.17, 15) is 13.2 Å². The second kappa shape index (κ2) is 6.03. The van der Waals surface area contributed by atoms with E-state index >= 15 is 0 Å². The van der Waals surface area contributed by atoms with Gasteiger partial charge in [0.2, 0.25) is 5.91 Å². The molecule has 0 spiro atoms. The normalized spacial score (nSPS) is 20.3. The van der Waals surface area contributed by atoms with Crippen LogP contribution in [0, 0.1) is 5.92 Å². The van der Waals surface area contributed by atoms with Gasteiger partial charge in [0.1, 0.15) is 0 Å². The monoisotopic (exact) mass is 399 g/mol. The molecule has 7 heteroatoms. The van der Waals surface area contributed by atoms with Gasteiger partial charge in [-0.05, 0) is 60.4 Å². The third-order valence-electron chi connectivity index (χ3n) is 4.50. The summed E-state index contributed by atoms with van der Waals surface area (Å²) in [5, 5.41) is 0. The van der Waals surface area contributed by atoms with Crippen LogP contribution in [0.4, 0.5) is 0 Å². The topological polar surface area (TPSA) is 86.5 Å². The van der Waals surface area contributed by atoms with Gasteiger partial charge in [-0.15, -0.1) is 0 Å². The molecule has 2 N–H and O–H groups in total. The molecule has 0 saturated heterocycles. The minimum atomic E-state index is -3.41. The number of allylic oxidation sites excluding steroid dienone is 2. The zero-order chi connectivity index (χ0) is 16.8. The summed E-state index contributed by atoms with van der Waals surface area (Å²) in [5.74, 6) is -0.223. The minimum Gasteiger partial charge on any atom is -0.366 e. The van der Waals surface area contributed by atoms with Crippen molar-refractivity contribution in [3.63, 3.8) is 0 Å². The number of amides is 1. The number of halogens is 1. The van der Waals surface area contributed by atoms with E-state index in [2.05, 4.69) is 15.9 Å². The fourth-order valence-corrected chi connectivity index (χ4v) is 4.57. The second-order valence-corrected chi connectivity index (χ2v) is 8.67. The number of hydrogen-bond acceptors (Lipinski definition) is 4. The van der Waals surface area contributed by atoms with E-state index in [-0.39, 0.29) is 12.5 Å². The van der Waals surface area contributed by atoms with Gasteiger partial charge in [0, 0.05) is 10.0 Å². The lowest BCUT2D eigenvalue weighted by atomic mass is 9.84. The molecule has 0 heterocycles. The molecule has 23 heavy (non-hydrogen) atoms. The van der Waals surface area contributed by atoms with Crippen molar-refractivity contribution < 1.29 is 17.4 Å². The Bertz CT molecular complexity index is 814. The number of rotatable bonds is 4. The van der Waals surface area contributed by atoms with E-state index in [0.717, 1.165) is 41.1 Å². The quantitative estimate of drug-likeness (QED) is 0.788. The third-order valence-corrected chi connectivity index (χ3v) is 5.73. The molecule has 0 bridgehead atoms. The summed E-state index contributed by atoms with van der Waals surface area (Å²) in [6, 6.07) is 3.63. The summed E-state index contributed by atoms with van der Waals surface area (Å²) in [6.07, 6.45) is 4.31. The zero-order valence-corrected chi connectivity index (χ0v) is 15.2. The SMILES string of the molecule is CS(=O)(=O)OCC1CCC2=C(Cc3c(C(N)=O)ccc(Br)c32)C1. The first kappa shape index (κ1) is 16.7. The molecule has 0 saturated carbocycles. The first-order chi connectivity index (χ1) is 10.8. The number of carbonyl (C=O) groups is 1. The van der Waals surface area contributed by atoms with Crippen LogP contribution in [0.2, 0.25) is 0 Å². The summed E-state index contributed by atoms with van der Waals surface area (Å²) >= 11 is 3.57. The number of primary amides is 1. The second-order valence-electron chi connectivity index (χ2n) is 6.17. The first-order valence-corrected chi connectivity index (χ1v) is 10.0. The lowest BCUT2D eigenvalue weighted by Crippen LogP contribution is -2.17. The Morgan fingerprint density at radius 1 is 1.43 bits per heavy atom. The van der Waals surface area contributed by atoms with Gasteiger partial charge in [-0.3, -0.25) is 8.98 Å². The molecule has 1 atom stereocenters. The van der Waals surface area contributed by atoms with Crippen molar-refractivity contribution in [3.8, 4) is 0 Å². The summed E-state index contributed by atoms with van der Waals surface area (Å²) in [4.78, 5) is 11.7. The molecule has 5 nitrogen and oxygen atoms in total. The maximum atomic E-state index is 11.7. The number of fused-ring (bicyclic) bond motifs is 2. The molecule has 1 amide bonds. The smallest absolute Gasteiger partial charge is 0.264 e. The van der Waals surface area contributed by atoms with Crippen LogP contribution in [-0.2, 0) is 20.7 Å². The molecule has 2 aliphatic rings. The van der Waals surface area contributed by atoms with Gasteiger partial charge >= 0.3 is 0 Å². The predicted octanol–water partition coefficient (Wildman–Crippen LogP) is 2.63. The molecular formula is C16H18BrNO4S. The van der Waals surface area contributed by atoms with Crippen LogP contribution in [-0.4, -0.2) is 27.2 Å². The minimum absolute atomic E-state index is 0.189. The van der Waals surface area contributed by atoms with Crippen molar-refractivity contribution in [2.45, 2.75) is 25.7 Å². The fourth-order valence-electron chi connectivity index (χ4n) is 3.52. The highest BCUT2D eigenvalue weighted by Gasteiger charge is 2.32. The summed E-state index contributed by atoms with van der Waals surface area (Å²) < 4.78 is 28.2. The highest BCUT2D eigenvalue weighted by atomic mass is 79.9. The summed E-state index contributed by atoms with van der Waals surface area (Å²) in [7, 11) is -3.41. The molecule has 0 aromatic heterocycles. The standard InChI is InChI=1S/C16H18BrNO4S/c1-23(20,21)22-8-9-2-3-11-10(6-9)7-13-12(16(18)19)4-5-14(17)15(11)13/h4-5,9H,2-3,6-8H2,1H3,(H2,18,19). The van der Waals surface area contributed by atoms with Gasteiger partial charge < -0.3 is 5.73 Å². The van der Waals surface area contributed by atoms with Gasteiger partial charge in [-0.2, -0.15) is 8.42 Å². The van der Waals surface area contributed by atoms with Crippen LogP contribution < -0.4 is 5.73 Å². The molecule has 3 rings (SSSR count). The van der Waals surface area contributed by atoms with E-state index < -0.39 is 16.0 Å². The van der Waals surface area contributed by atoms with Crippen molar-refractivity contribution in [1.82, 2.24) is 0 Å². The molecule has 0 aliphatic heterocycles.